The number of benzene rings is 1. The van der Waals surface area contributed by atoms with Crippen LogP contribution in [-0.2, 0) is 16.4 Å². The summed E-state index contributed by atoms with van der Waals surface area (Å²) in [5, 5.41) is 8.28. The van der Waals surface area contributed by atoms with Crippen LogP contribution in [0.15, 0.2) is 46.2 Å². The van der Waals surface area contributed by atoms with Crippen LogP contribution in [0.5, 0.6) is 0 Å². The van der Waals surface area contributed by atoms with Gasteiger partial charge in [0.05, 0.1) is 15.2 Å². The lowest BCUT2D eigenvalue weighted by atomic mass is 10.2. The van der Waals surface area contributed by atoms with Crippen LogP contribution in [0.2, 0.25) is 0 Å². The largest absolute Gasteiger partial charge is 0.338 e. The molecule has 7 nitrogen and oxygen atoms in total. The first-order chi connectivity index (χ1) is 13.2. The van der Waals surface area contributed by atoms with Crippen molar-refractivity contribution in [3.63, 3.8) is 0 Å². The summed E-state index contributed by atoms with van der Waals surface area (Å²) in [5.41, 5.74) is 1.27. The molecule has 0 radical (unpaired) electrons. The molecule has 0 spiro atoms. The Morgan fingerprint density at radius 1 is 1.18 bits per heavy atom. The van der Waals surface area contributed by atoms with E-state index in [1.165, 1.54) is 12.8 Å². The SMILES string of the molecule is CC(C)(C)S(=O)(=O)c1ccc(Nc2nn(CC3CC3)c3cc[nH]c(=O)c23)cc1. The number of hydrogen-bond acceptors (Lipinski definition) is 5. The van der Waals surface area contributed by atoms with Gasteiger partial charge in [0.2, 0.25) is 0 Å². The molecule has 2 heterocycles. The minimum atomic E-state index is -3.41. The molecule has 2 aromatic heterocycles. The summed E-state index contributed by atoms with van der Waals surface area (Å²) in [5.74, 6) is 1.10. The molecule has 1 aliphatic rings. The Labute approximate surface area is 163 Å². The Kier molecular flexibility index (Phi) is 4.33. The van der Waals surface area contributed by atoms with Gasteiger partial charge in [0.1, 0.15) is 5.39 Å². The molecule has 28 heavy (non-hydrogen) atoms. The molecular formula is C20H24N4O3S. The Morgan fingerprint density at radius 2 is 1.86 bits per heavy atom. The summed E-state index contributed by atoms with van der Waals surface area (Å²) in [6.45, 7) is 5.84. The fourth-order valence-corrected chi connectivity index (χ4v) is 4.32. The first kappa shape index (κ1) is 18.7. The zero-order valence-corrected chi connectivity index (χ0v) is 17.0. The van der Waals surface area contributed by atoms with Crippen molar-refractivity contribution in [2.45, 2.75) is 49.8 Å². The van der Waals surface area contributed by atoms with E-state index in [4.69, 9.17) is 0 Å². The molecule has 4 rings (SSSR count). The summed E-state index contributed by atoms with van der Waals surface area (Å²) in [4.78, 5) is 15.3. The molecule has 1 saturated carbocycles. The molecule has 1 aliphatic carbocycles. The third kappa shape index (κ3) is 3.32. The third-order valence-electron chi connectivity index (χ3n) is 5.04. The molecular weight excluding hydrogens is 376 g/mol. The van der Waals surface area contributed by atoms with Gasteiger partial charge in [-0.3, -0.25) is 9.48 Å². The third-order valence-corrected chi connectivity index (χ3v) is 7.54. The molecule has 0 saturated heterocycles. The number of aromatic nitrogens is 3. The summed E-state index contributed by atoms with van der Waals surface area (Å²) < 4.78 is 26.2. The van der Waals surface area contributed by atoms with Crippen molar-refractivity contribution >= 4 is 32.2 Å². The zero-order chi connectivity index (χ0) is 20.1. The number of nitrogens with zero attached hydrogens (tertiary/aromatic N) is 2. The molecule has 3 aromatic rings. The van der Waals surface area contributed by atoms with Crippen molar-refractivity contribution in [1.29, 1.82) is 0 Å². The summed E-state index contributed by atoms with van der Waals surface area (Å²) in [6.07, 6.45) is 4.01. The fraction of sp³-hybridized carbons (Fsp3) is 0.400. The maximum Gasteiger partial charge on any atom is 0.261 e. The summed E-state index contributed by atoms with van der Waals surface area (Å²) in [7, 11) is -3.41. The highest BCUT2D eigenvalue weighted by molar-refractivity contribution is 7.92. The lowest BCUT2D eigenvalue weighted by Gasteiger charge is -2.19. The zero-order valence-electron chi connectivity index (χ0n) is 16.2. The van der Waals surface area contributed by atoms with Crippen LogP contribution >= 0.6 is 0 Å². The molecule has 1 aromatic carbocycles. The average Bonchev–Trinajstić information content (AvgIpc) is 3.37. The van der Waals surface area contributed by atoms with E-state index in [1.807, 2.05) is 10.7 Å². The molecule has 148 valence electrons. The fourth-order valence-electron chi connectivity index (χ4n) is 3.12. The maximum absolute atomic E-state index is 12.6. The molecule has 0 unspecified atom stereocenters. The topological polar surface area (TPSA) is 96.8 Å². The molecule has 1 fully saturated rings. The van der Waals surface area contributed by atoms with Gasteiger partial charge in [0, 0.05) is 18.4 Å². The average molecular weight is 401 g/mol. The van der Waals surface area contributed by atoms with E-state index in [1.54, 1.807) is 51.2 Å². The molecule has 0 amide bonds. The van der Waals surface area contributed by atoms with E-state index in [0.717, 1.165) is 12.1 Å². The highest BCUT2D eigenvalue weighted by Gasteiger charge is 2.30. The van der Waals surface area contributed by atoms with Crippen molar-refractivity contribution in [3.8, 4) is 0 Å². The second-order valence-electron chi connectivity index (χ2n) is 8.31. The number of hydrogen-bond donors (Lipinski definition) is 2. The van der Waals surface area contributed by atoms with Gasteiger partial charge in [0.15, 0.2) is 15.7 Å². The monoisotopic (exact) mass is 400 g/mol. The first-order valence-electron chi connectivity index (χ1n) is 9.37. The molecule has 2 N–H and O–H groups in total. The second kappa shape index (κ2) is 6.48. The van der Waals surface area contributed by atoms with Gasteiger partial charge in [-0.25, -0.2) is 8.42 Å². The van der Waals surface area contributed by atoms with Crippen molar-refractivity contribution < 1.29 is 8.42 Å². The van der Waals surface area contributed by atoms with E-state index in [0.29, 0.717) is 22.8 Å². The number of rotatable bonds is 5. The van der Waals surface area contributed by atoms with Gasteiger partial charge in [-0.15, -0.1) is 0 Å². The van der Waals surface area contributed by atoms with E-state index in [-0.39, 0.29) is 10.5 Å². The number of anilines is 2. The van der Waals surface area contributed by atoms with Crippen molar-refractivity contribution in [2.75, 3.05) is 5.32 Å². The quantitative estimate of drug-likeness (QED) is 0.684. The normalized spacial score (nSPS) is 15.1. The van der Waals surface area contributed by atoms with Crippen molar-refractivity contribution in [2.24, 2.45) is 5.92 Å². The van der Waals surface area contributed by atoms with Gasteiger partial charge >= 0.3 is 0 Å². The highest BCUT2D eigenvalue weighted by atomic mass is 32.2. The van der Waals surface area contributed by atoms with Gasteiger partial charge in [-0.1, -0.05) is 0 Å². The molecule has 0 bridgehead atoms. The van der Waals surface area contributed by atoms with Crippen LogP contribution in [0.4, 0.5) is 11.5 Å². The summed E-state index contributed by atoms with van der Waals surface area (Å²) >= 11 is 0. The van der Waals surface area contributed by atoms with Gasteiger partial charge in [-0.2, -0.15) is 5.10 Å². The standard InChI is InChI=1S/C20H24N4O3S/c1-20(2,3)28(26,27)15-8-6-14(7-9-15)22-18-17-16(10-11-21-19(17)25)24(23-18)12-13-4-5-13/h6-11,13H,4-5,12H2,1-3H3,(H,21,25)(H,22,23). The van der Waals surface area contributed by atoms with E-state index in [2.05, 4.69) is 15.4 Å². The van der Waals surface area contributed by atoms with Crippen molar-refractivity contribution in [3.05, 3.63) is 46.9 Å². The number of aromatic amines is 1. The van der Waals surface area contributed by atoms with E-state index >= 15 is 0 Å². The number of pyridine rings is 1. The predicted molar refractivity (Wildman–Crippen MR) is 110 cm³/mol. The van der Waals surface area contributed by atoms with Gasteiger partial charge in [-0.05, 0) is 69.9 Å². The van der Waals surface area contributed by atoms with Gasteiger partial charge in [0.25, 0.3) is 5.56 Å². The second-order valence-corrected chi connectivity index (χ2v) is 11.0. The Hall–Kier alpha value is -2.61. The predicted octanol–water partition coefficient (Wildman–Crippen LogP) is 3.45. The van der Waals surface area contributed by atoms with E-state index < -0.39 is 14.6 Å². The van der Waals surface area contributed by atoms with Crippen LogP contribution in [-0.4, -0.2) is 27.9 Å². The van der Waals surface area contributed by atoms with Crippen LogP contribution in [0.1, 0.15) is 33.6 Å². The maximum atomic E-state index is 12.6. The molecule has 0 aliphatic heterocycles. The Balaban J connectivity index is 1.68. The number of nitrogens with one attached hydrogen (secondary N) is 2. The number of fused-ring (bicyclic) bond motifs is 1. The minimum Gasteiger partial charge on any atom is -0.338 e. The van der Waals surface area contributed by atoms with Crippen LogP contribution < -0.4 is 10.9 Å². The lowest BCUT2D eigenvalue weighted by Crippen LogP contribution is -2.27. The van der Waals surface area contributed by atoms with Crippen LogP contribution in [0.25, 0.3) is 10.9 Å². The smallest absolute Gasteiger partial charge is 0.261 e. The van der Waals surface area contributed by atoms with Crippen molar-refractivity contribution in [1.82, 2.24) is 14.8 Å². The van der Waals surface area contributed by atoms with Crippen LogP contribution in [0.3, 0.4) is 0 Å². The van der Waals surface area contributed by atoms with Crippen LogP contribution in [0, 0.1) is 5.92 Å². The number of H-pyrrole nitrogens is 1. The minimum absolute atomic E-state index is 0.200. The molecule has 8 heteroatoms. The lowest BCUT2D eigenvalue weighted by molar-refractivity contribution is 0.560. The van der Waals surface area contributed by atoms with Gasteiger partial charge < -0.3 is 10.3 Å². The summed E-state index contributed by atoms with van der Waals surface area (Å²) in [6, 6.07) is 8.41. The van der Waals surface area contributed by atoms with E-state index in [9.17, 15) is 13.2 Å². The molecule has 0 atom stereocenters. The Bertz CT molecular complexity index is 1180. The first-order valence-corrected chi connectivity index (χ1v) is 10.8. The number of sulfone groups is 1. The Morgan fingerprint density at radius 3 is 2.46 bits per heavy atom. The highest BCUT2D eigenvalue weighted by Crippen LogP contribution is 2.33.